The normalized spacial score (nSPS) is 16.2. The van der Waals surface area contributed by atoms with E-state index >= 15 is 0 Å². The zero-order valence-electron chi connectivity index (χ0n) is 27.6. The van der Waals surface area contributed by atoms with Gasteiger partial charge < -0.3 is 15.5 Å². The van der Waals surface area contributed by atoms with Crippen molar-refractivity contribution in [2.24, 2.45) is 7.05 Å². The molecule has 0 radical (unpaired) electrons. The van der Waals surface area contributed by atoms with Crippen molar-refractivity contribution in [3.63, 3.8) is 0 Å². The second-order valence-corrected chi connectivity index (χ2v) is 14.7. The van der Waals surface area contributed by atoms with Gasteiger partial charge in [-0.1, -0.05) is 66.2 Å². The average Bonchev–Trinajstić information content (AvgIpc) is 3.55. The van der Waals surface area contributed by atoms with Crippen molar-refractivity contribution in [2.75, 3.05) is 28.4 Å². The molecule has 2 aromatic heterocycles. The van der Waals surface area contributed by atoms with E-state index < -0.39 is 9.84 Å². The molecule has 0 unspecified atom stereocenters. The molecule has 1 aliphatic rings. The minimum atomic E-state index is -3.48. The predicted molar refractivity (Wildman–Crippen MR) is 194 cm³/mol. The summed E-state index contributed by atoms with van der Waals surface area (Å²) in [5, 5.41) is 11.2. The van der Waals surface area contributed by atoms with Gasteiger partial charge in [0.1, 0.15) is 5.02 Å². The molecule has 2 N–H and O–H groups in total. The number of rotatable bonds is 10. The lowest BCUT2D eigenvalue weighted by molar-refractivity contribution is 0.240. The molecule has 0 spiro atoms. The lowest BCUT2D eigenvalue weighted by Crippen LogP contribution is -2.48. The Morgan fingerprint density at radius 3 is 2.31 bits per heavy atom. The molecule has 6 rings (SSSR count). The van der Waals surface area contributed by atoms with E-state index in [9.17, 15) is 13.2 Å². The van der Waals surface area contributed by atoms with Gasteiger partial charge in [-0.2, -0.15) is 10.1 Å². The third kappa shape index (κ3) is 8.03. The predicted octanol–water partition coefficient (Wildman–Crippen LogP) is 6.84. The Kier molecular flexibility index (Phi) is 10.2. The second kappa shape index (κ2) is 14.7. The summed E-state index contributed by atoms with van der Waals surface area (Å²) in [5.74, 6) is 0.787. The molecule has 0 atom stereocenters. The molecule has 2 heterocycles. The number of amides is 2. The number of hydrogen-bond donors (Lipinski definition) is 2. The van der Waals surface area contributed by atoms with Gasteiger partial charge in [0.25, 0.3) is 0 Å². The first kappa shape index (κ1) is 33.9. The SMILES string of the molecule is CN(c1ccccc1S(C)(=O)=O)c1nc(NC2CCC(N(C(=O)NCc3ccccc3)c3ccc(-c4cnn(C)c4)cc3)CC2)ncc1Cl. The van der Waals surface area contributed by atoms with E-state index in [1.165, 1.54) is 12.5 Å². The third-order valence-electron chi connectivity index (χ3n) is 8.75. The molecule has 254 valence electrons. The van der Waals surface area contributed by atoms with Crippen molar-refractivity contribution in [1.82, 2.24) is 25.1 Å². The maximum Gasteiger partial charge on any atom is 0.322 e. The highest BCUT2D eigenvalue weighted by Gasteiger charge is 2.31. The largest absolute Gasteiger partial charge is 0.351 e. The van der Waals surface area contributed by atoms with Crippen LogP contribution in [-0.4, -0.2) is 59.6 Å². The number of halogens is 1. The number of urea groups is 1. The highest BCUT2D eigenvalue weighted by molar-refractivity contribution is 7.90. The molecule has 5 aromatic rings. The highest BCUT2D eigenvalue weighted by Crippen LogP contribution is 2.34. The molecule has 2 amide bonds. The van der Waals surface area contributed by atoms with E-state index in [-0.39, 0.29) is 23.0 Å². The first-order valence-electron chi connectivity index (χ1n) is 16.1. The van der Waals surface area contributed by atoms with Crippen LogP contribution in [0.3, 0.4) is 0 Å². The van der Waals surface area contributed by atoms with Gasteiger partial charge in [0.15, 0.2) is 15.7 Å². The Morgan fingerprint density at radius 1 is 0.939 bits per heavy atom. The van der Waals surface area contributed by atoms with Crippen LogP contribution in [0.4, 0.5) is 27.9 Å². The Labute approximate surface area is 291 Å². The number of nitrogens with zero attached hydrogens (tertiary/aromatic N) is 6. The lowest BCUT2D eigenvalue weighted by atomic mass is 9.90. The fourth-order valence-corrected chi connectivity index (χ4v) is 7.35. The summed E-state index contributed by atoms with van der Waals surface area (Å²) in [6.45, 7) is 0.431. The summed E-state index contributed by atoms with van der Waals surface area (Å²) in [4.78, 5) is 26.6. The van der Waals surface area contributed by atoms with Gasteiger partial charge in [-0.05, 0) is 61.1 Å². The fraction of sp³-hybridized carbons (Fsp3) is 0.278. The van der Waals surface area contributed by atoms with E-state index in [1.54, 1.807) is 40.9 Å². The number of aromatic nitrogens is 4. The summed E-state index contributed by atoms with van der Waals surface area (Å²) in [7, 11) is 0.136. The molecular weight excluding hydrogens is 660 g/mol. The number of benzene rings is 3. The average molecular weight is 699 g/mol. The summed E-state index contributed by atoms with van der Waals surface area (Å²) < 4.78 is 26.7. The Bertz CT molecular complexity index is 2010. The molecule has 1 saturated carbocycles. The molecular formula is C36H39ClN8O3S. The minimum Gasteiger partial charge on any atom is -0.351 e. The Hall–Kier alpha value is -4.94. The topological polar surface area (TPSA) is 125 Å². The van der Waals surface area contributed by atoms with Crippen LogP contribution in [0.2, 0.25) is 5.02 Å². The van der Waals surface area contributed by atoms with Crippen molar-refractivity contribution in [3.05, 3.63) is 108 Å². The van der Waals surface area contributed by atoms with E-state index in [1.807, 2.05) is 78.9 Å². The van der Waals surface area contributed by atoms with Crippen LogP contribution in [0, 0.1) is 0 Å². The van der Waals surface area contributed by atoms with E-state index in [4.69, 9.17) is 11.6 Å². The van der Waals surface area contributed by atoms with Crippen LogP contribution in [0.1, 0.15) is 31.2 Å². The molecule has 11 nitrogen and oxygen atoms in total. The molecule has 13 heteroatoms. The maximum absolute atomic E-state index is 13.8. The van der Waals surface area contributed by atoms with Gasteiger partial charge in [-0.25, -0.2) is 18.2 Å². The number of sulfone groups is 1. The summed E-state index contributed by atoms with van der Waals surface area (Å²) in [6, 6.07) is 24.6. The van der Waals surface area contributed by atoms with Gasteiger partial charge in [0.2, 0.25) is 5.95 Å². The van der Waals surface area contributed by atoms with Crippen LogP contribution in [0.25, 0.3) is 11.1 Å². The first-order valence-corrected chi connectivity index (χ1v) is 18.4. The lowest BCUT2D eigenvalue weighted by Gasteiger charge is -2.37. The van der Waals surface area contributed by atoms with Gasteiger partial charge in [0, 0.05) is 56.4 Å². The quantitative estimate of drug-likeness (QED) is 0.162. The van der Waals surface area contributed by atoms with E-state index in [2.05, 4.69) is 25.7 Å². The monoisotopic (exact) mass is 698 g/mol. The number of para-hydroxylation sites is 1. The van der Waals surface area contributed by atoms with E-state index in [0.717, 1.165) is 48.1 Å². The van der Waals surface area contributed by atoms with Crippen LogP contribution in [-0.2, 0) is 23.4 Å². The molecule has 1 aliphatic carbocycles. The molecule has 0 bridgehead atoms. The smallest absolute Gasteiger partial charge is 0.322 e. The second-order valence-electron chi connectivity index (χ2n) is 12.3. The van der Waals surface area contributed by atoms with Crippen LogP contribution >= 0.6 is 11.6 Å². The summed E-state index contributed by atoms with van der Waals surface area (Å²) >= 11 is 6.51. The van der Waals surface area contributed by atoms with Crippen molar-refractivity contribution < 1.29 is 13.2 Å². The zero-order valence-corrected chi connectivity index (χ0v) is 29.2. The van der Waals surface area contributed by atoms with Crippen molar-refractivity contribution in [3.8, 4) is 11.1 Å². The van der Waals surface area contributed by atoms with Gasteiger partial charge in [-0.3, -0.25) is 9.58 Å². The number of carbonyl (C=O) groups excluding carboxylic acids is 1. The molecule has 3 aromatic carbocycles. The number of aryl methyl sites for hydroxylation is 1. The van der Waals surface area contributed by atoms with Crippen LogP contribution < -0.4 is 20.4 Å². The number of nitrogens with one attached hydrogen (secondary N) is 2. The maximum atomic E-state index is 13.8. The third-order valence-corrected chi connectivity index (χ3v) is 10.2. The van der Waals surface area contributed by atoms with Crippen molar-refractivity contribution in [1.29, 1.82) is 0 Å². The van der Waals surface area contributed by atoms with Crippen molar-refractivity contribution in [2.45, 2.75) is 49.2 Å². The van der Waals surface area contributed by atoms with Gasteiger partial charge >= 0.3 is 6.03 Å². The molecule has 0 saturated heterocycles. The van der Waals surface area contributed by atoms with Gasteiger partial charge in [-0.15, -0.1) is 0 Å². The number of hydrogen-bond acceptors (Lipinski definition) is 8. The number of anilines is 4. The minimum absolute atomic E-state index is 0.0154. The first-order chi connectivity index (χ1) is 23.6. The summed E-state index contributed by atoms with van der Waals surface area (Å²) in [6.07, 6.45) is 9.60. The summed E-state index contributed by atoms with van der Waals surface area (Å²) in [5.41, 5.74) is 4.37. The molecule has 1 fully saturated rings. The van der Waals surface area contributed by atoms with Crippen LogP contribution in [0.5, 0.6) is 0 Å². The zero-order chi connectivity index (χ0) is 34.5. The van der Waals surface area contributed by atoms with Crippen molar-refractivity contribution >= 4 is 50.6 Å². The highest BCUT2D eigenvalue weighted by atomic mass is 35.5. The molecule has 0 aliphatic heterocycles. The Morgan fingerprint density at radius 2 is 1.63 bits per heavy atom. The van der Waals surface area contributed by atoms with Gasteiger partial charge in [0.05, 0.1) is 23.0 Å². The van der Waals surface area contributed by atoms with E-state index in [0.29, 0.717) is 29.0 Å². The van der Waals surface area contributed by atoms with Crippen LogP contribution in [0.15, 0.2) is 102 Å². The number of carbonyl (C=O) groups is 1. The fourth-order valence-electron chi connectivity index (χ4n) is 6.22. The molecule has 49 heavy (non-hydrogen) atoms. The Balaban J connectivity index is 1.16. The standard InChI is InChI=1S/C36H39ClN8O3S/c1-43-24-27(22-40-43)26-13-17-29(18-14-26)45(36(46)39-21-25-9-5-4-6-10-25)30-19-15-28(16-20-30)41-35-38-23-31(37)34(42-35)44(2)32-11-7-8-12-33(32)49(3,47)48/h4-14,17-18,22-24,28,30H,15-16,19-21H2,1-3H3,(H,39,46)(H,38,41,42).